The van der Waals surface area contributed by atoms with Crippen LogP contribution in [0.3, 0.4) is 0 Å². The quantitative estimate of drug-likeness (QED) is 0.323. The molecule has 0 radical (unpaired) electrons. The van der Waals surface area contributed by atoms with Gasteiger partial charge >= 0.3 is 0 Å². The topological polar surface area (TPSA) is 125 Å². The second kappa shape index (κ2) is 10.4. The summed E-state index contributed by atoms with van der Waals surface area (Å²) in [5.74, 6) is -0.335. The molecule has 2 fully saturated rings. The average Bonchev–Trinajstić information content (AvgIpc) is 3.45. The van der Waals surface area contributed by atoms with Gasteiger partial charge in [-0.3, -0.25) is 29.6 Å². The zero-order valence-corrected chi connectivity index (χ0v) is 17.2. The van der Waals surface area contributed by atoms with Crippen LogP contribution in [0.5, 0.6) is 5.88 Å². The van der Waals surface area contributed by atoms with Gasteiger partial charge in [0.2, 0.25) is 18.2 Å². The second-order valence-corrected chi connectivity index (χ2v) is 7.89. The van der Waals surface area contributed by atoms with E-state index < -0.39 is 12.0 Å². The molecule has 0 bridgehead atoms. The summed E-state index contributed by atoms with van der Waals surface area (Å²) in [6.45, 7) is 0.405. The predicted molar refractivity (Wildman–Crippen MR) is 105 cm³/mol. The Morgan fingerprint density at radius 3 is 2.77 bits per heavy atom. The first-order chi connectivity index (χ1) is 14.5. The molecule has 1 saturated carbocycles. The molecular formula is C20H29N5O5. The zero-order chi connectivity index (χ0) is 21.5. The summed E-state index contributed by atoms with van der Waals surface area (Å²) in [6, 6.07) is -0.640. The maximum absolute atomic E-state index is 13.3. The SMILES string of the molecule is COc1nccnc1CC(=O)[C@@H]1CCNN1C(=O)[C@H](CC1CCCC1)CN(O)C=O. The maximum atomic E-state index is 13.3. The number of Topliss-reactive ketones (excluding diaryl/α,β-unsaturated/α-hetero) is 1. The number of ketones is 1. The molecule has 1 aliphatic carbocycles. The highest BCUT2D eigenvalue weighted by molar-refractivity contribution is 5.91. The van der Waals surface area contributed by atoms with Crippen LogP contribution in [0.4, 0.5) is 0 Å². The first kappa shape index (κ1) is 22.1. The van der Waals surface area contributed by atoms with E-state index >= 15 is 0 Å². The number of amides is 2. The van der Waals surface area contributed by atoms with Crippen LogP contribution in [-0.4, -0.2) is 69.6 Å². The van der Waals surface area contributed by atoms with Crippen LogP contribution in [0.15, 0.2) is 12.4 Å². The number of hydrogen-bond acceptors (Lipinski definition) is 8. The van der Waals surface area contributed by atoms with E-state index in [0.29, 0.717) is 42.5 Å². The minimum Gasteiger partial charge on any atom is -0.480 e. The molecule has 3 rings (SSSR count). The first-order valence-corrected chi connectivity index (χ1v) is 10.4. The van der Waals surface area contributed by atoms with E-state index in [0.717, 1.165) is 25.7 Å². The summed E-state index contributed by atoms with van der Waals surface area (Å²) in [5, 5.41) is 11.6. The number of nitrogens with one attached hydrogen (secondary N) is 1. The number of nitrogens with zero attached hydrogens (tertiary/aromatic N) is 4. The summed E-state index contributed by atoms with van der Waals surface area (Å²) < 4.78 is 5.16. The van der Waals surface area contributed by atoms with Crippen LogP contribution in [0.1, 0.15) is 44.2 Å². The van der Waals surface area contributed by atoms with Crippen molar-refractivity contribution < 1.29 is 24.3 Å². The standard InChI is InChI=1S/C20H29N5O5/c1-30-19-16(21-8-9-22-19)11-18(27)17-6-7-23-25(17)20(28)15(12-24(29)13-26)10-14-4-2-3-5-14/h8-9,13-15,17,23,29H,2-7,10-12H2,1H3/t15-,17+/m1/s1. The van der Waals surface area contributed by atoms with Gasteiger partial charge in [0.05, 0.1) is 26.0 Å². The van der Waals surface area contributed by atoms with Gasteiger partial charge in [-0.25, -0.2) is 15.5 Å². The van der Waals surface area contributed by atoms with Crippen molar-refractivity contribution in [2.75, 3.05) is 20.2 Å². The molecule has 1 aliphatic heterocycles. The van der Waals surface area contributed by atoms with E-state index in [1.807, 2.05) is 0 Å². The minimum absolute atomic E-state index is 0.000887. The molecule has 164 valence electrons. The number of rotatable bonds is 10. The summed E-state index contributed by atoms with van der Waals surface area (Å²) in [6.07, 6.45) is 8.69. The van der Waals surface area contributed by atoms with E-state index in [9.17, 15) is 19.6 Å². The van der Waals surface area contributed by atoms with Crippen molar-refractivity contribution in [2.24, 2.45) is 11.8 Å². The van der Waals surface area contributed by atoms with Crippen molar-refractivity contribution in [3.8, 4) is 5.88 Å². The summed E-state index contributed by atoms with van der Waals surface area (Å²) in [7, 11) is 1.46. The Kier molecular flexibility index (Phi) is 7.69. The lowest BCUT2D eigenvalue weighted by atomic mass is 9.91. The predicted octanol–water partition coefficient (Wildman–Crippen LogP) is 0.746. The third-order valence-corrected chi connectivity index (χ3v) is 5.86. The Morgan fingerprint density at radius 1 is 1.33 bits per heavy atom. The third-order valence-electron chi connectivity index (χ3n) is 5.86. The second-order valence-electron chi connectivity index (χ2n) is 7.89. The molecule has 2 N–H and O–H groups in total. The Hall–Kier alpha value is -2.59. The van der Waals surface area contributed by atoms with Gasteiger partial charge in [0.15, 0.2) is 5.78 Å². The Morgan fingerprint density at radius 2 is 2.07 bits per heavy atom. The smallest absolute Gasteiger partial charge is 0.242 e. The fraction of sp³-hybridized carbons (Fsp3) is 0.650. The van der Waals surface area contributed by atoms with Crippen LogP contribution in [0.25, 0.3) is 0 Å². The number of carbonyl (C=O) groups excluding carboxylic acids is 3. The average molecular weight is 419 g/mol. The van der Waals surface area contributed by atoms with Gasteiger partial charge in [0, 0.05) is 18.9 Å². The van der Waals surface area contributed by atoms with Crippen molar-refractivity contribution >= 4 is 18.1 Å². The number of ether oxygens (including phenoxy) is 1. The van der Waals surface area contributed by atoms with Gasteiger partial charge in [0.25, 0.3) is 0 Å². The normalized spacial score (nSPS) is 20.2. The fourth-order valence-electron chi connectivity index (χ4n) is 4.39. The molecular weight excluding hydrogens is 390 g/mol. The Balaban J connectivity index is 1.71. The zero-order valence-electron chi connectivity index (χ0n) is 17.2. The maximum Gasteiger partial charge on any atom is 0.242 e. The van der Waals surface area contributed by atoms with E-state index in [2.05, 4.69) is 15.4 Å². The van der Waals surface area contributed by atoms with Gasteiger partial charge < -0.3 is 4.74 Å². The summed E-state index contributed by atoms with van der Waals surface area (Å²) >= 11 is 0. The molecule has 10 heteroatoms. The van der Waals surface area contributed by atoms with Crippen LogP contribution < -0.4 is 10.2 Å². The van der Waals surface area contributed by atoms with Gasteiger partial charge in [0.1, 0.15) is 11.7 Å². The molecule has 0 spiro atoms. The molecule has 2 aliphatic rings. The highest BCUT2D eigenvalue weighted by Gasteiger charge is 2.39. The molecule has 2 heterocycles. The van der Waals surface area contributed by atoms with Gasteiger partial charge in [-0.15, -0.1) is 0 Å². The number of hydrogen-bond donors (Lipinski definition) is 2. The van der Waals surface area contributed by atoms with Crippen molar-refractivity contribution in [3.63, 3.8) is 0 Å². The lowest BCUT2D eigenvalue weighted by molar-refractivity contribution is -0.159. The van der Waals surface area contributed by atoms with Gasteiger partial charge in [-0.05, 0) is 18.8 Å². The van der Waals surface area contributed by atoms with Crippen LogP contribution in [0, 0.1) is 11.8 Å². The molecule has 10 nitrogen and oxygen atoms in total. The summed E-state index contributed by atoms with van der Waals surface area (Å²) in [5.41, 5.74) is 3.43. The first-order valence-electron chi connectivity index (χ1n) is 10.4. The fourth-order valence-corrected chi connectivity index (χ4v) is 4.39. The highest BCUT2D eigenvalue weighted by Crippen LogP contribution is 2.32. The largest absolute Gasteiger partial charge is 0.480 e. The molecule has 2 amide bonds. The molecule has 1 saturated heterocycles. The van der Waals surface area contributed by atoms with Crippen molar-refractivity contribution in [1.29, 1.82) is 0 Å². The Labute approximate surface area is 175 Å². The molecule has 1 aromatic heterocycles. The molecule has 0 aromatic carbocycles. The van der Waals surface area contributed by atoms with Crippen LogP contribution in [0.2, 0.25) is 0 Å². The molecule has 2 atom stereocenters. The number of hydrazine groups is 1. The van der Waals surface area contributed by atoms with E-state index in [-0.39, 0.29) is 30.5 Å². The van der Waals surface area contributed by atoms with Crippen LogP contribution in [-0.2, 0) is 20.8 Å². The van der Waals surface area contributed by atoms with Gasteiger partial charge in [-0.1, -0.05) is 25.7 Å². The number of aromatic nitrogens is 2. The Bertz CT molecular complexity index is 755. The summed E-state index contributed by atoms with van der Waals surface area (Å²) in [4.78, 5) is 45.4. The monoisotopic (exact) mass is 419 g/mol. The van der Waals surface area contributed by atoms with E-state index in [1.165, 1.54) is 24.5 Å². The lowest BCUT2D eigenvalue weighted by Crippen LogP contribution is -2.51. The number of methoxy groups -OCH3 is 1. The third kappa shape index (κ3) is 5.31. The minimum atomic E-state index is -0.640. The van der Waals surface area contributed by atoms with Crippen molar-refractivity contribution in [3.05, 3.63) is 18.1 Å². The highest BCUT2D eigenvalue weighted by atomic mass is 16.5. The number of carbonyl (C=O) groups is 3. The molecule has 30 heavy (non-hydrogen) atoms. The van der Waals surface area contributed by atoms with E-state index in [4.69, 9.17) is 4.74 Å². The van der Waals surface area contributed by atoms with Crippen molar-refractivity contribution in [1.82, 2.24) is 25.5 Å². The van der Waals surface area contributed by atoms with E-state index in [1.54, 1.807) is 0 Å². The van der Waals surface area contributed by atoms with Gasteiger partial charge in [-0.2, -0.15) is 0 Å². The molecule has 1 aromatic rings. The number of hydroxylamine groups is 2. The van der Waals surface area contributed by atoms with Crippen LogP contribution >= 0.6 is 0 Å². The molecule has 0 unspecified atom stereocenters. The van der Waals surface area contributed by atoms with Crippen molar-refractivity contribution in [2.45, 2.75) is 51.0 Å². The lowest BCUT2D eigenvalue weighted by Gasteiger charge is -2.30.